The Morgan fingerprint density at radius 2 is 2.00 bits per heavy atom. The van der Waals surface area contributed by atoms with Crippen LogP contribution >= 0.6 is 0 Å². The number of rotatable bonds is 5. The molecule has 0 spiro atoms. The zero-order chi connectivity index (χ0) is 21.4. The first-order valence-corrected chi connectivity index (χ1v) is 9.67. The lowest BCUT2D eigenvalue weighted by molar-refractivity contribution is 0.181. The topological polar surface area (TPSA) is 106 Å². The quantitative estimate of drug-likeness (QED) is 0.525. The number of aryl methyl sites for hydroxylation is 3. The SMILES string of the molecule is Cc1cc2c(cn1)cc(-c1cc(Nc3noc(CC(C)O)n3)ccc1C)c(=O)n2C. The van der Waals surface area contributed by atoms with E-state index in [-0.39, 0.29) is 12.0 Å². The zero-order valence-corrected chi connectivity index (χ0v) is 17.3. The first kappa shape index (κ1) is 19.8. The van der Waals surface area contributed by atoms with Crippen molar-refractivity contribution in [3.05, 3.63) is 64.0 Å². The van der Waals surface area contributed by atoms with Gasteiger partial charge in [-0.15, -0.1) is 0 Å². The maximum absolute atomic E-state index is 13.1. The number of aromatic nitrogens is 4. The molecule has 0 bridgehead atoms. The summed E-state index contributed by atoms with van der Waals surface area (Å²) in [5.41, 5.74) is 4.75. The third-order valence-corrected chi connectivity index (χ3v) is 4.97. The predicted molar refractivity (Wildman–Crippen MR) is 115 cm³/mol. The van der Waals surface area contributed by atoms with Crippen LogP contribution in [-0.2, 0) is 13.5 Å². The molecule has 0 fully saturated rings. The number of benzene rings is 1. The van der Waals surface area contributed by atoms with E-state index in [1.165, 1.54) is 0 Å². The summed E-state index contributed by atoms with van der Waals surface area (Å²) in [5.74, 6) is 0.651. The van der Waals surface area contributed by atoms with Gasteiger partial charge in [0.1, 0.15) is 0 Å². The minimum absolute atomic E-state index is 0.0767. The van der Waals surface area contributed by atoms with Crippen LogP contribution in [0.25, 0.3) is 22.0 Å². The van der Waals surface area contributed by atoms with Gasteiger partial charge in [0.15, 0.2) is 0 Å². The molecule has 0 aliphatic rings. The summed E-state index contributed by atoms with van der Waals surface area (Å²) in [5, 5.41) is 17.3. The van der Waals surface area contributed by atoms with Crippen molar-refractivity contribution in [3.63, 3.8) is 0 Å². The summed E-state index contributed by atoms with van der Waals surface area (Å²) < 4.78 is 6.79. The van der Waals surface area contributed by atoms with Gasteiger partial charge in [-0.1, -0.05) is 6.07 Å². The van der Waals surface area contributed by atoms with Gasteiger partial charge in [-0.25, -0.2) is 0 Å². The minimum atomic E-state index is -0.563. The number of nitrogens with zero attached hydrogens (tertiary/aromatic N) is 4. The summed E-state index contributed by atoms with van der Waals surface area (Å²) >= 11 is 0. The van der Waals surface area contributed by atoms with Gasteiger partial charge >= 0.3 is 0 Å². The Kier molecular flexibility index (Phi) is 5.09. The Bertz CT molecular complexity index is 1290. The molecule has 30 heavy (non-hydrogen) atoms. The molecule has 2 N–H and O–H groups in total. The van der Waals surface area contributed by atoms with Crippen molar-refractivity contribution in [2.75, 3.05) is 5.32 Å². The highest BCUT2D eigenvalue weighted by atomic mass is 16.5. The van der Waals surface area contributed by atoms with Crippen LogP contribution in [0.5, 0.6) is 0 Å². The molecule has 8 heteroatoms. The number of fused-ring (bicyclic) bond motifs is 1. The number of aliphatic hydroxyl groups excluding tert-OH is 1. The molecule has 4 aromatic rings. The Morgan fingerprint density at radius 3 is 2.77 bits per heavy atom. The molecule has 3 heterocycles. The maximum atomic E-state index is 13.1. The molecule has 0 aliphatic heterocycles. The van der Waals surface area contributed by atoms with Crippen LogP contribution in [0, 0.1) is 13.8 Å². The summed E-state index contributed by atoms with van der Waals surface area (Å²) in [4.78, 5) is 21.7. The molecule has 1 aromatic carbocycles. The average Bonchev–Trinajstić information content (AvgIpc) is 3.13. The molecule has 0 saturated heterocycles. The van der Waals surface area contributed by atoms with Crippen LogP contribution in [0.1, 0.15) is 24.1 Å². The van der Waals surface area contributed by atoms with Crippen LogP contribution in [0.15, 0.2) is 45.8 Å². The number of hydrogen-bond acceptors (Lipinski definition) is 7. The fourth-order valence-corrected chi connectivity index (χ4v) is 3.42. The van der Waals surface area contributed by atoms with E-state index in [4.69, 9.17) is 4.52 Å². The lowest BCUT2D eigenvalue weighted by Crippen LogP contribution is -2.19. The number of hydrogen-bond donors (Lipinski definition) is 2. The Morgan fingerprint density at radius 1 is 1.20 bits per heavy atom. The minimum Gasteiger partial charge on any atom is -0.393 e. The van der Waals surface area contributed by atoms with Gasteiger partial charge in [-0.05, 0) is 61.3 Å². The standard InChI is InChI=1S/C22H23N5O3/c1-12-5-6-16(24-22-25-20(30-26-22)8-14(3)28)10-17(12)18-9-15-11-23-13(2)7-19(15)27(4)21(18)29/h5-7,9-11,14,28H,8H2,1-4H3,(H,24,26). The molecule has 8 nitrogen and oxygen atoms in total. The first-order valence-electron chi connectivity index (χ1n) is 9.67. The van der Waals surface area contributed by atoms with Crippen LogP contribution in [0.4, 0.5) is 11.6 Å². The lowest BCUT2D eigenvalue weighted by atomic mass is 9.99. The summed E-state index contributed by atoms with van der Waals surface area (Å²) in [6.45, 7) is 5.53. The van der Waals surface area contributed by atoms with E-state index < -0.39 is 6.10 Å². The monoisotopic (exact) mass is 405 g/mol. The Labute approximate surface area is 173 Å². The summed E-state index contributed by atoms with van der Waals surface area (Å²) in [7, 11) is 1.77. The van der Waals surface area contributed by atoms with E-state index in [1.54, 1.807) is 24.7 Å². The lowest BCUT2D eigenvalue weighted by Gasteiger charge is -2.12. The second-order valence-electron chi connectivity index (χ2n) is 7.53. The van der Waals surface area contributed by atoms with Crippen molar-refractivity contribution in [1.82, 2.24) is 19.7 Å². The van der Waals surface area contributed by atoms with Crippen LogP contribution in [0.3, 0.4) is 0 Å². The van der Waals surface area contributed by atoms with Crippen molar-refractivity contribution >= 4 is 22.5 Å². The molecule has 3 aromatic heterocycles. The fourth-order valence-electron chi connectivity index (χ4n) is 3.42. The van der Waals surface area contributed by atoms with E-state index in [0.717, 1.165) is 33.4 Å². The molecule has 0 radical (unpaired) electrons. The normalized spacial score (nSPS) is 12.3. The van der Waals surface area contributed by atoms with E-state index in [0.29, 0.717) is 17.4 Å². The number of nitrogens with one attached hydrogen (secondary N) is 1. The van der Waals surface area contributed by atoms with Crippen molar-refractivity contribution in [3.8, 4) is 11.1 Å². The van der Waals surface area contributed by atoms with Gasteiger partial charge in [0.05, 0.1) is 18.0 Å². The molecule has 1 unspecified atom stereocenters. The number of anilines is 2. The van der Waals surface area contributed by atoms with Gasteiger partial charge in [0.2, 0.25) is 5.89 Å². The van der Waals surface area contributed by atoms with Gasteiger partial charge in [0.25, 0.3) is 11.5 Å². The second-order valence-corrected chi connectivity index (χ2v) is 7.53. The van der Waals surface area contributed by atoms with Crippen molar-refractivity contribution in [2.24, 2.45) is 7.05 Å². The van der Waals surface area contributed by atoms with Gasteiger partial charge < -0.3 is 19.5 Å². The molecule has 0 amide bonds. The molecule has 4 rings (SSSR count). The van der Waals surface area contributed by atoms with Crippen LogP contribution < -0.4 is 10.9 Å². The molecule has 1 atom stereocenters. The zero-order valence-electron chi connectivity index (χ0n) is 17.3. The highest BCUT2D eigenvalue weighted by Crippen LogP contribution is 2.28. The van der Waals surface area contributed by atoms with Gasteiger partial charge in [0, 0.05) is 35.6 Å². The fraction of sp³-hybridized carbons (Fsp3) is 0.273. The van der Waals surface area contributed by atoms with E-state index >= 15 is 0 Å². The smallest absolute Gasteiger partial charge is 0.267 e. The predicted octanol–water partition coefficient (Wildman–Crippen LogP) is 3.27. The number of pyridine rings is 2. The Balaban J connectivity index is 1.74. The molecule has 154 valence electrons. The van der Waals surface area contributed by atoms with Gasteiger partial charge in [-0.3, -0.25) is 9.78 Å². The summed E-state index contributed by atoms with van der Waals surface area (Å²) in [6, 6.07) is 9.51. The number of aliphatic hydroxyl groups is 1. The average molecular weight is 405 g/mol. The van der Waals surface area contributed by atoms with E-state index in [9.17, 15) is 9.90 Å². The highest BCUT2D eigenvalue weighted by molar-refractivity contribution is 5.85. The molecule has 0 aliphatic carbocycles. The van der Waals surface area contributed by atoms with Crippen molar-refractivity contribution in [2.45, 2.75) is 33.3 Å². The molecule has 0 saturated carbocycles. The molecular formula is C22H23N5O3. The molecular weight excluding hydrogens is 382 g/mol. The summed E-state index contributed by atoms with van der Waals surface area (Å²) in [6.07, 6.45) is 1.51. The third kappa shape index (κ3) is 3.81. The van der Waals surface area contributed by atoms with Crippen molar-refractivity contribution in [1.29, 1.82) is 0 Å². The third-order valence-electron chi connectivity index (χ3n) is 4.97. The van der Waals surface area contributed by atoms with Crippen LogP contribution in [-0.4, -0.2) is 30.9 Å². The van der Waals surface area contributed by atoms with Crippen LogP contribution in [0.2, 0.25) is 0 Å². The van der Waals surface area contributed by atoms with E-state index in [1.807, 2.05) is 44.2 Å². The first-order chi connectivity index (χ1) is 14.3. The Hall–Kier alpha value is -3.52. The van der Waals surface area contributed by atoms with Gasteiger partial charge in [-0.2, -0.15) is 4.98 Å². The second kappa shape index (κ2) is 7.72. The largest absolute Gasteiger partial charge is 0.393 e. The highest BCUT2D eigenvalue weighted by Gasteiger charge is 2.14. The maximum Gasteiger partial charge on any atom is 0.267 e. The van der Waals surface area contributed by atoms with E-state index in [2.05, 4.69) is 20.4 Å². The van der Waals surface area contributed by atoms with Crippen molar-refractivity contribution < 1.29 is 9.63 Å².